The van der Waals surface area contributed by atoms with E-state index in [1.807, 2.05) is 13.0 Å². The van der Waals surface area contributed by atoms with E-state index in [1.165, 1.54) is 10.7 Å². The number of benzene rings is 1. The number of carbonyl (C=O) groups is 1. The summed E-state index contributed by atoms with van der Waals surface area (Å²) in [5, 5.41) is 14.7. The first-order valence-electron chi connectivity index (χ1n) is 8.90. The molecule has 0 fully saturated rings. The van der Waals surface area contributed by atoms with E-state index in [4.69, 9.17) is 14.7 Å². The van der Waals surface area contributed by atoms with Crippen molar-refractivity contribution >= 4 is 11.6 Å². The molecule has 1 unspecified atom stereocenters. The van der Waals surface area contributed by atoms with Crippen LogP contribution in [0.1, 0.15) is 35.3 Å². The van der Waals surface area contributed by atoms with Crippen molar-refractivity contribution in [2.75, 3.05) is 14.2 Å². The predicted molar refractivity (Wildman–Crippen MR) is 105 cm³/mol. The first-order chi connectivity index (χ1) is 13.9. The molecule has 29 heavy (non-hydrogen) atoms. The summed E-state index contributed by atoms with van der Waals surface area (Å²) in [6, 6.07) is 6.93. The second-order valence-electron chi connectivity index (χ2n) is 6.51. The number of aryl methyl sites for hydroxylation is 1. The van der Waals surface area contributed by atoms with Crippen LogP contribution in [-0.2, 0) is 11.2 Å². The number of nitrogens with one attached hydrogen (secondary N) is 2. The highest BCUT2D eigenvalue weighted by atomic mass is 16.5. The highest BCUT2D eigenvalue weighted by molar-refractivity contribution is 5.79. The first kappa shape index (κ1) is 19.9. The zero-order valence-electron chi connectivity index (χ0n) is 16.6. The summed E-state index contributed by atoms with van der Waals surface area (Å²) in [6.07, 6.45) is 1.27. The SMILES string of the molecule is COc1ccc(OC)c(C(C)NC(=O)Cc2c(C)nc3c(C#N)c[nH]n3c2=O)c1. The lowest BCUT2D eigenvalue weighted by molar-refractivity contribution is -0.121. The number of fused-ring (bicyclic) bond motifs is 1. The van der Waals surface area contributed by atoms with E-state index in [1.54, 1.807) is 39.3 Å². The maximum Gasteiger partial charge on any atom is 0.276 e. The Labute approximate surface area is 166 Å². The van der Waals surface area contributed by atoms with Gasteiger partial charge in [0.1, 0.15) is 23.1 Å². The quantitative estimate of drug-likeness (QED) is 0.654. The maximum atomic E-state index is 12.7. The van der Waals surface area contributed by atoms with Crippen LogP contribution in [0.4, 0.5) is 0 Å². The Bertz CT molecular complexity index is 1170. The molecule has 3 aromatic rings. The summed E-state index contributed by atoms with van der Waals surface area (Å²) in [4.78, 5) is 29.7. The number of nitriles is 1. The Balaban J connectivity index is 1.85. The van der Waals surface area contributed by atoms with E-state index in [0.29, 0.717) is 17.2 Å². The van der Waals surface area contributed by atoms with Gasteiger partial charge in [0, 0.05) is 23.0 Å². The molecule has 0 aliphatic rings. The molecule has 2 aromatic heterocycles. The molecule has 1 aromatic carbocycles. The van der Waals surface area contributed by atoms with Gasteiger partial charge in [0.2, 0.25) is 5.91 Å². The molecule has 0 bridgehead atoms. The number of hydrogen-bond acceptors (Lipinski definition) is 6. The summed E-state index contributed by atoms with van der Waals surface area (Å²) >= 11 is 0. The van der Waals surface area contributed by atoms with Gasteiger partial charge in [-0.05, 0) is 32.0 Å². The van der Waals surface area contributed by atoms with Gasteiger partial charge in [0.15, 0.2) is 5.65 Å². The van der Waals surface area contributed by atoms with Crippen molar-refractivity contribution < 1.29 is 14.3 Å². The third kappa shape index (κ3) is 3.78. The number of hydrogen-bond donors (Lipinski definition) is 2. The summed E-state index contributed by atoms with van der Waals surface area (Å²) in [5.41, 5.74) is 1.53. The number of aromatic amines is 1. The van der Waals surface area contributed by atoms with Gasteiger partial charge in [0.05, 0.1) is 26.7 Å². The Hall–Kier alpha value is -3.80. The van der Waals surface area contributed by atoms with Gasteiger partial charge >= 0.3 is 0 Å². The Morgan fingerprint density at radius 2 is 2.14 bits per heavy atom. The predicted octanol–water partition coefficient (Wildman–Crippen LogP) is 1.64. The van der Waals surface area contributed by atoms with Crippen molar-refractivity contribution in [1.29, 1.82) is 5.26 Å². The summed E-state index contributed by atoms with van der Waals surface area (Å²) in [5.74, 6) is 0.926. The van der Waals surface area contributed by atoms with E-state index in [-0.39, 0.29) is 35.1 Å². The average Bonchev–Trinajstić information content (AvgIpc) is 3.13. The van der Waals surface area contributed by atoms with Crippen LogP contribution < -0.4 is 20.3 Å². The van der Waals surface area contributed by atoms with E-state index in [9.17, 15) is 9.59 Å². The fraction of sp³-hybridized carbons (Fsp3) is 0.300. The summed E-state index contributed by atoms with van der Waals surface area (Å²) < 4.78 is 11.8. The lowest BCUT2D eigenvalue weighted by atomic mass is 10.1. The molecule has 0 radical (unpaired) electrons. The first-order valence-corrected chi connectivity index (χ1v) is 8.90. The second kappa shape index (κ2) is 8.06. The monoisotopic (exact) mass is 395 g/mol. The summed E-state index contributed by atoms with van der Waals surface area (Å²) in [7, 11) is 3.11. The highest BCUT2D eigenvalue weighted by Crippen LogP contribution is 2.29. The smallest absolute Gasteiger partial charge is 0.276 e. The van der Waals surface area contributed by atoms with Crippen molar-refractivity contribution in [3.8, 4) is 17.6 Å². The molecule has 3 rings (SSSR count). The fourth-order valence-corrected chi connectivity index (χ4v) is 3.15. The van der Waals surface area contributed by atoms with Crippen molar-refractivity contribution in [3.63, 3.8) is 0 Å². The van der Waals surface area contributed by atoms with Crippen LogP contribution in [-0.4, -0.2) is 34.7 Å². The van der Waals surface area contributed by atoms with Crippen LogP contribution in [0, 0.1) is 18.3 Å². The van der Waals surface area contributed by atoms with Gasteiger partial charge < -0.3 is 14.8 Å². The molecule has 9 heteroatoms. The minimum atomic E-state index is -0.407. The van der Waals surface area contributed by atoms with Crippen molar-refractivity contribution in [3.05, 3.63) is 57.1 Å². The van der Waals surface area contributed by atoms with Crippen LogP contribution in [0.25, 0.3) is 5.65 Å². The van der Waals surface area contributed by atoms with Gasteiger partial charge in [-0.2, -0.15) is 5.26 Å². The normalized spacial score (nSPS) is 11.7. The lowest BCUT2D eigenvalue weighted by Gasteiger charge is -2.18. The molecule has 9 nitrogen and oxygen atoms in total. The Kier molecular flexibility index (Phi) is 5.54. The van der Waals surface area contributed by atoms with Gasteiger partial charge in [-0.1, -0.05) is 0 Å². The van der Waals surface area contributed by atoms with Crippen molar-refractivity contribution in [2.24, 2.45) is 0 Å². The number of H-pyrrole nitrogens is 1. The molecule has 2 N–H and O–H groups in total. The fourth-order valence-electron chi connectivity index (χ4n) is 3.15. The number of amides is 1. The molecule has 150 valence electrons. The zero-order valence-corrected chi connectivity index (χ0v) is 16.6. The van der Waals surface area contributed by atoms with E-state index in [0.717, 1.165) is 5.56 Å². The number of carbonyl (C=O) groups excluding carboxylic acids is 1. The van der Waals surface area contributed by atoms with Crippen LogP contribution in [0.15, 0.2) is 29.2 Å². The molecule has 0 saturated heterocycles. The number of nitrogens with zero attached hydrogens (tertiary/aromatic N) is 3. The molecule has 1 atom stereocenters. The Morgan fingerprint density at radius 1 is 1.38 bits per heavy atom. The number of rotatable bonds is 6. The topological polar surface area (TPSA) is 122 Å². The van der Waals surface area contributed by atoms with Gasteiger partial charge in [-0.3, -0.25) is 14.7 Å². The number of methoxy groups -OCH3 is 2. The standard InChI is InChI=1S/C20H21N5O4/c1-11(15-7-14(28-3)5-6-17(15)29-4)23-18(26)8-16-12(2)24-19-13(9-21)10-22-25(19)20(16)27/h5-7,10-11,22H,8H2,1-4H3,(H,23,26). The van der Waals surface area contributed by atoms with Crippen molar-refractivity contribution in [2.45, 2.75) is 26.3 Å². The second-order valence-corrected chi connectivity index (χ2v) is 6.51. The van der Waals surface area contributed by atoms with Gasteiger partial charge in [0.25, 0.3) is 5.56 Å². The summed E-state index contributed by atoms with van der Waals surface area (Å²) in [6.45, 7) is 3.47. The van der Waals surface area contributed by atoms with Gasteiger partial charge in [-0.25, -0.2) is 9.50 Å². The molecule has 0 aliphatic heterocycles. The number of aromatic nitrogens is 3. The third-order valence-electron chi connectivity index (χ3n) is 4.70. The van der Waals surface area contributed by atoms with E-state index < -0.39 is 5.56 Å². The number of ether oxygens (including phenoxy) is 2. The van der Waals surface area contributed by atoms with Crippen LogP contribution in [0.2, 0.25) is 0 Å². The van der Waals surface area contributed by atoms with Crippen LogP contribution in [0.5, 0.6) is 11.5 Å². The Morgan fingerprint density at radius 3 is 2.79 bits per heavy atom. The average molecular weight is 395 g/mol. The largest absolute Gasteiger partial charge is 0.497 e. The maximum absolute atomic E-state index is 12.7. The zero-order chi connectivity index (χ0) is 21.1. The minimum Gasteiger partial charge on any atom is -0.497 e. The molecule has 0 saturated carbocycles. The molecule has 0 spiro atoms. The lowest BCUT2D eigenvalue weighted by Crippen LogP contribution is -2.32. The van der Waals surface area contributed by atoms with Crippen molar-refractivity contribution in [1.82, 2.24) is 19.9 Å². The molecular formula is C20H21N5O4. The van der Waals surface area contributed by atoms with E-state index in [2.05, 4.69) is 15.4 Å². The molecule has 1 amide bonds. The van der Waals surface area contributed by atoms with Gasteiger partial charge in [-0.15, -0.1) is 0 Å². The highest BCUT2D eigenvalue weighted by Gasteiger charge is 2.19. The molecular weight excluding hydrogens is 374 g/mol. The molecule has 2 heterocycles. The van der Waals surface area contributed by atoms with Crippen LogP contribution in [0.3, 0.4) is 0 Å². The molecule has 0 aliphatic carbocycles. The van der Waals surface area contributed by atoms with E-state index >= 15 is 0 Å². The van der Waals surface area contributed by atoms with Crippen LogP contribution >= 0.6 is 0 Å². The third-order valence-corrected chi connectivity index (χ3v) is 4.70. The minimum absolute atomic E-state index is 0.141.